The fourth-order valence-corrected chi connectivity index (χ4v) is 5.23. The lowest BCUT2D eigenvalue weighted by molar-refractivity contribution is -0.157. The normalized spacial score (nSPS) is 30.6. The Kier molecular flexibility index (Phi) is 10.0. The summed E-state index contributed by atoms with van der Waals surface area (Å²) in [4.78, 5) is 12.6. The van der Waals surface area contributed by atoms with Crippen molar-refractivity contribution in [1.29, 1.82) is 5.26 Å². The van der Waals surface area contributed by atoms with Gasteiger partial charge in [-0.2, -0.15) is 5.26 Å². The quantitative estimate of drug-likeness (QED) is 0.274. The van der Waals surface area contributed by atoms with Crippen LogP contribution in [0.4, 0.5) is 0 Å². The lowest BCUT2D eigenvalue weighted by atomic mass is 9.62. The number of rotatable bonds is 9. The summed E-state index contributed by atoms with van der Waals surface area (Å²) < 4.78 is 17.9. The molecule has 0 aromatic carbocycles. The summed E-state index contributed by atoms with van der Waals surface area (Å²) in [6.07, 6.45) is 14.9. The average Bonchev–Trinajstić information content (AvgIpc) is 2.80. The van der Waals surface area contributed by atoms with Crippen molar-refractivity contribution >= 4 is 13.1 Å². The van der Waals surface area contributed by atoms with Gasteiger partial charge < -0.3 is 14.0 Å². The Balaban J connectivity index is 1.28. The minimum atomic E-state index is -0.0837. The highest BCUT2D eigenvalue weighted by Gasteiger charge is 2.39. The molecule has 30 heavy (non-hydrogen) atoms. The van der Waals surface area contributed by atoms with Gasteiger partial charge in [-0.15, -0.1) is 0 Å². The standard InChI is InChI=1S/C24H40BNO4/c1-2-3-4-5-6-7-20-17-28-25(29-18-20)22-12-10-21(11-13-22)24(27)30-23-14-8-19(16-26)9-15-23/h19-23H,2-15,17-18H2,1H3. The number of carbonyl (C=O) groups excluding carboxylic acids is 1. The monoisotopic (exact) mass is 417 g/mol. The van der Waals surface area contributed by atoms with Crippen LogP contribution in [0.25, 0.3) is 0 Å². The van der Waals surface area contributed by atoms with E-state index in [2.05, 4.69) is 13.0 Å². The maximum absolute atomic E-state index is 12.6. The molecule has 0 atom stereocenters. The number of nitriles is 1. The van der Waals surface area contributed by atoms with Gasteiger partial charge in [-0.1, -0.05) is 51.9 Å². The number of hydrogen-bond donors (Lipinski definition) is 0. The second kappa shape index (κ2) is 12.7. The van der Waals surface area contributed by atoms with Crippen LogP contribution in [0.1, 0.15) is 96.8 Å². The molecule has 6 heteroatoms. The van der Waals surface area contributed by atoms with Crippen molar-refractivity contribution in [3.05, 3.63) is 0 Å². The van der Waals surface area contributed by atoms with Gasteiger partial charge in [-0.25, -0.2) is 0 Å². The molecule has 1 saturated heterocycles. The third-order valence-electron chi connectivity index (χ3n) is 7.34. The van der Waals surface area contributed by atoms with Crippen molar-refractivity contribution in [2.45, 2.75) is 109 Å². The lowest BCUT2D eigenvalue weighted by Gasteiger charge is -2.35. The molecule has 2 saturated carbocycles. The van der Waals surface area contributed by atoms with Gasteiger partial charge in [0, 0.05) is 25.0 Å². The van der Waals surface area contributed by atoms with Crippen LogP contribution >= 0.6 is 0 Å². The first-order chi connectivity index (χ1) is 14.7. The first kappa shape index (κ1) is 23.6. The Hall–Kier alpha value is -1.06. The van der Waals surface area contributed by atoms with E-state index < -0.39 is 0 Å². The molecule has 0 aromatic heterocycles. The molecule has 2 aliphatic carbocycles. The number of hydrogen-bond acceptors (Lipinski definition) is 5. The highest BCUT2D eigenvalue weighted by Crippen LogP contribution is 2.38. The maximum atomic E-state index is 12.6. The largest absolute Gasteiger partial charge is 0.462 e. The molecule has 0 amide bonds. The summed E-state index contributed by atoms with van der Waals surface area (Å²) in [7, 11) is -0.0837. The van der Waals surface area contributed by atoms with Gasteiger partial charge >= 0.3 is 13.1 Å². The minimum absolute atomic E-state index is 0.0174. The van der Waals surface area contributed by atoms with Gasteiger partial charge in [0.15, 0.2) is 0 Å². The average molecular weight is 417 g/mol. The zero-order chi connectivity index (χ0) is 21.2. The molecule has 0 bridgehead atoms. The molecule has 0 N–H and O–H groups in total. The van der Waals surface area contributed by atoms with Gasteiger partial charge in [-0.05, 0) is 50.8 Å². The van der Waals surface area contributed by atoms with E-state index in [1.807, 2.05) is 0 Å². The molecule has 3 fully saturated rings. The Labute approximate surface area is 183 Å². The fraction of sp³-hybridized carbons (Fsp3) is 0.917. The number of esters is 1. The van der Waals surface area contributed by atoms with Crippen LogP contribution in [0, 0.1) is 29.1 Å². The first-order valence-electron chi connectivity index (χ1n) is 12.5. The summed E-state index contributed by atoms with van der Waals surface area (Å²) in [5.41, 5.74) is 0. The van der Waals surface area contributed by atoms with E-state index in [1.54, 1.807) is 0 Å². The van der Waals surface area contributed by atoms with E-state index in [4.69, 9.17) is 19.3 Å². The maximum Gasteiger partial charge on any atom is 0.460 e. The molecular weight excluding hydrogens is 377 g/mol. The Morgan fingerprint density at radius 3 is 2.27 bits per heavy atom. The van der Waals surface area contributed by atoms with Crippen LogP contribution in [0.3, 0.4) is 0 Å². The molecule has 0 spiro atoms. The van der Waals surface area contributed by atoms with Crippen molar-refractivity contribution in [3.63, 3.8) is 0 Å². The van der Waals surface area contributed by atoms with Crippen LogP contribution in [-0.2, 0) is 18.8 Å². The Bertz CT molecular complexity index is 542. The highest BCUT2D eigenvalue weighted by molar-refractivity contribution is 6.46. The van der Waals surface area contributed by atoms with E-state index in [0.717, 1.165) is 64.6 Å². The second-order valence-corrected chi connectivity index (χ2v) is 9.76. The molecule has 168 valence electrons. The van der Waals surface area contributed by atoms with Gasteiger partial charge in [0.25, 0.3) is 0 Å². The summed E-state index contributed by atoms with van der Waals surface area (Å²) in [6, 6.07) is 2.33. The van der Waals surface area contributed by atoms with Crippen molar-refractivity contribution in [3.8, 4) is 6.07 Å². The van der Waals surface area contributed by atoms with Gasteiger partial charge in [0.2, 0.25) is 0 Å². The molecule has 0 aromatic rings. The Morgan fingerprint density at radius 2 is 1.63 bits per heavy atom. The summed E-state index contributed by atoms with van der Waals surface area (Å²) in [5, 5.41) is 9.00. The molecule has 3 aliphatic rings. The van der Waals surface area contributed by atoms with E-state index in [1.165, 1.54) is 38.5 Å². The molecule has 0 unspecified atom stereocenters. The van der Waals surface area contributed by atoms with Crippen LogP contribution in [-0.4, -0.2) is 32.4 Å². The SMILES string of the molecule is CCCCCCCC1COB(C2CCC(C(=O)OC3CCC(C#N)CC3)CC2)OC1. The fourth-order valence-electron chi connectivity index (χ4n) is 5.23. The van der Waals surface area contributed by atoms with Crippen LogP contribution in [0.2, 0.25) is 5.82 Å². The first-order valence-corrected chi connectivity index (χ1v) is 12.5. The Morgan fingerprint density at radius 1 is 0.967 bits per heavy atom. The summed E-state index contributed by atoms with van der Waals surface area (Å²) in [6.45, 7) is 3.90. The molecule has 5 nitrogen and oxygen atoms in total. The van der Waals surface area contributed by atoms with Crippen molar-refractivity contribution < 1.29 is 18.8 Å². The molecule has 3 rings (SSSR count). The molecule has 0 radical (unpaired) electrons. The number of carbonyl (C=O) groups is 1. The summed E-state index contributed by atoms with van der Waals surface area (Å²) >= 11 is 0. The third-order valence-corrected chi connectivity index (χ3v) is 7.34. The lowest BCUT2D eigenvalue weighted by Crippen LogP contribution is -2.40. The third kappa shape index (κ3) is 7.27. The van der Waals surface area contributed by atoms with Crippen LogP contribution < -0.4 is 0 Å². The predicted molar refractivity (Wildman–Crippen MR) is 118 cm³/mol. The zero-order valence-electron chi connectivity index (χ0n) is 18.9. The topological polar surface area (TPSA) is 68.5 Å². The number of unbranched alkanes of at least 4 members (excludes halogenated alkanes) is 4. The van der Waals surface area contributed by atoms with Crippen molar-refractivity contribution in [2.75, 3.05) is 13.2 Å². The van der Waals surface area contributed by atoms with Gasteiger partial charge in [-0.3, -0.25) is 4.79 Å². The minimum Gasteiger partial charge on any atom is -0.462 e. The van der Waals surface area contributed by atoms with E-state index >= 15 is 0 Å². The van der Waals surface area contributed by atoms with Gasteiger partial charge in [0.05, 0.1) is 12.0 Å². The number of ether oxygens (including phenoxy) is 1. The van der Waals surface area contributed by atoms with Gasteiger partial charge in [0.1, 0.15) is 6.10 Å². The molecular formula is C24H40BNO4. The zero-order valence-corrected chi connectivity index (χ0v) is 18.9. The molecule has 1 aliphatic heterocycles. The van der Waals surface area contributed by atoms with E-state index in [-0.39, 0.29) is 31.0 Å². The van der Waals surface area contributed by atoms with Crippen LogP contribution in [0.5, 0.6) is 0 Å². The highest BCUT2D eigenvalue weighted by atomic mass is 16.6. The van der Waals surface area contributed by atoms with Crippen molar-refractivity contribution in [2.24, 2.45) is 17.8 Å². The molecule has 1 heterocycles. The van der Waals surface area contributed by atoms with Crippen molar-refractivity contribution in [1.82, 2.24) is 0 Å². The smallest absolute Gasteiger partial charge is 0.460 e. The van der Waals surface area contributed by atoms with Crippen LogP contribution in [0.15, 0.2) is 0 Å². The predicted octanol–water partition coefficient (Wildman–Crippen LogP) is 5.68. The second-order valence-electron chi connectivity index (χ2n) is 9.76. The summed E-state index contributed by atoms with van der Waals surface area (Å²) in [5.74, 6) is 1.10. The van der Waals surface area contributed by atoms with E-state index in [9.17, 15) is 4.79 Å². The van der Waals surface area contributed by atoms with E-state index in [0.29, 0.717) is 11.7 Å². The number of nitrogens with zero attached hydrogens (tertiary/aromatic N) is 1.